The number of carbonyl (C=O) groups excluding carboxylic acids is 2. The lowest BCUT2D eigenvalue weighted by Crippen LogP contribution is -2.35. The zero-order valence-corrected chi connectivity index (χ0v) is 12.1. The average molecular weight is 278 g/mol. The van der Waals surface area contributed by atoms with Crippen molar-refractivity contribution in [1.82, 2.24) is 10.6 Å². The second-order valence-corrected chi connectivity index (χ2v) is 5.02. The molecule has 2 amide bonds. The van der Waals surface area contributed by atoms with E-state index in [4.69, 9.17) is 5.11 Å². The Morgan fingerprint density at radius 3 is 2.35 bits per heavy atom. The van der Waals surface area contributed by atoms with Gasteiger partial charge in [-0.15, -0.1) is 0 Å². The van der Waals surface area contributed by atoms with Crippen LogP contribution in [-0.2, 0) is 9.59 Å². The third-order valence-electron chi connectivity index (χ3n) is 2.84. The average Bonchev–Trinajstić information content (AvgIpc) is 2.36. The highest BCUT2D eigenvalue weighted by Gasteiger charge is 2.17. The lowest BCUT2D eigenvalue weighted by Gasteiger charge is -2.18. The first-order valence-electron chi connectivity index (χ1n) is 6.67. The van der Waals surface area contributed by atoms with Gasteiger partial charge in [0.15, 0.2) is 0 Å². The van der Waals surface area contributed by atoms with E-state index in [1.165, 1.54) is 6.92 Å². The number of aliphatic hydroxyl groups excluding tert-OH is 1. The van der Waals surface area contributed by atoms with Crippen molar-refractivity contribution in [2.75, 3.05) is 6.54 Å². The van der Waals surface area contributed by atoms with E-state index in [0.717, 1.165) is 11.1 Å². The van der Waals surface area contributed by atoms with Gasteiger partial charge in [-0.2, -0.15) is 0 Å². The van der Waals surface area contributed by atoms with Crippen molar-refractivity contribution in [3.05, 3.63) is 35.4 Å². The third-order valence-corrected chi connectivity index (χ3v) is 2.84. The van der Waals surface area contributed by atoms with Gasteiger partial charge in [0, 0.05) is 13.5 Å². The molecule has 0 heterocycles. The molecule has 0 spiro atoms. The summed E-state index contributed by atoms with van der Waals surface area (Å²) in [6, 6.07) is 7.33. The highest BCUT2D eigenvalue weighted by atomic mass is 16.3. The van der Waals surface area contributed by atoms with E-state index >= 15 is 0 Å². The quantitative estimate of drug-likeness (QED) is 0.728. The first kappa shape index (κ1) is 16.2. The Hall–Kier alpha value is -1.88. The first-order valence-corrected chi connectivity index (χ1v) is 6.67. The predicted molar refractivity (Wildman–Crippen MR) is 77.0 cm³/mol. The minimum Gasteiger partial charge on any atom is -0.392 e. The van der Waals surface area contributed by atoms with Crippen molar-refractivity contribution in [2.24, 2.45) is 0 Å². The summed E-state index contributed by atoms with van der Waals surface area (Å²) >= 11 is 0. The van der Waals surface area contributed by atoms with Crippen molar-refractivity contribution >= 4 is 11.8 Å². The molecule has 0 aliphatic heterocycles. The van der Waals surface area contributed by atoms with Gasteiger partial charge in [0.05, 0.1) is 18.6 Å². The summed E-state index contributed by atoms with van der Waals surface area (Å²) in [5.74, 6) is -0.385. The summed E-state index contributed by atoms with van der Waals surface area (Å²) in [4.78, 5) is 23.1. The monoisotopic (exact) mass is 278 g/mol. The number of carbonyl (C=O) groups is 2. The predicted octanol–water partition coefficient (Wildman–Crippen LogP) is 1.06. The van der Waals surface area contributed by atoms with E-state index in [0.29, 0.717) is 0 Å². The zero-order valence-electron chi connectivity index (χ0n) is 12.1. The molecule has 0 aliphatic carbocycles. The van der Waals surface area contributed by atoms with Crippen LogP contribution in [0.15, 0.2) is 24.3 Å². The molecule has 5 nitrogen and oxygen atoms in total. The Kier molecular flexibility index (Phi) is 6.18. The number of benzene rings is 1. The summed E-state index contributed by atoms with van der Waals surface area (Å²) in [5.41, 5.74) is 2.01. The SMILES string of the molecule is CC(=O)NC(CC(=O)NCC(C)O)c1ccc(C)cc1. The number of amides is 2. The molecule has 2 atom stereocenters. The minimum atomic E-state index is -0.586. The van der Waals surface area contributed by atoms with Crippen molar-refractivity contribution in [2.45, 2.75) is 39.3 Å². The highest BCUT2D eigenvalue weighted by Crippen LogP contribution is 2.17. The van der Waals surface area contributed by atoms with Crippen LogP contribution in [0.5, 0.6) is 0 Å². The molecule has 0 fully saturated rings. The molecule has 20 heavy (non-hydrogen) atoms. The van der Waals surface area contributed by atoms with Gasteiger partial charge in [0.2, 0.25) is 11.8 Å². The fourth-order valence-electron chi connectivity index (χ4n) is 1.82. The Bertz CT molecular complexity index is 455. The largest absolute Gasteiger partial charge is 0.392 e. The van der Waals surface area contributed by atoms with E-state index in [2.05, 4.69) is 10.6 Å². The van der Waals surface area contributed by atoms with Crippen LogP contribution in [0.2, 0.25) is 0 Å². The van der Waals surface area contributed by atoms with Gasteiger partial charge in [-0.05, 0) is 19.4 Å². The van der Waals surface area contributed by atoms with E-state index < -0.39 is 6.10 Å². The molecule has 3 N–H and O–H groups in total. The molecule has 2 unspecified atom stereocenters. The summed E-state index contributed by atoms with van der Waals surface area (Å²) in [6.45, 7) is 5.21. The summed E-state index contributed by atoms with van der Waals surface area (Å²) in [5, 5.41) is 14.5. The second kappa shape index (κ2) is 7.65. The third kappa shape index (κ3) is 5.84. The Morgan fingerprint density at radius 2 is 1.85 bits per heavy atom. The summed E-state index contributed by atoms with van der Waals surface area (Å²) in [6.07, 6.45) is -0.437. The van der Waals surface area contributed by atoms with Crippen molar-refractivity contribution in [3.8, 4) is 0 Å². The lowest BCUT2D eigenvalue weighted by atomic mass is 10.0. The highest BCUT2D eigenvalue weighted by molar-refractivity contribution is 5.79. The molecular formula is C15H22N2O3. The Balaban J connectivity index is 2.71. The van der Waals surface area contributed by atoms with E-state index in [9.17, 15) is 9.59 Å². The number of hydrogen-bond acceptors (Lipinski definition) is 3. The fraction of sp³-hybridized carbons (Fsp3) is 0.467. The van der Waals surface area contributed by atoms with Gasteiger partial charge in [0.25, 0.3) is 0 Å². The second-order valence-electron chi connectivity index (χ2n) is 5.02. The van der Waals surface area contributed by atoms with Crippen LogP contribution >= 0.6 is 0 Å². The van der Waals surface area contributed by atoms with Gasteiger partial charge in [-0.3, -0.25) is 9.59 Å². The van der Waals surface area contributed by atoms with Crippen LogP contribution in [0, 0.1) is 6.92 Å². The number of aliphatic hydroxyl groups is 1. The minimum absolute atomic E-state index is 0.148. The van der Waals surface area contributed by atoms with Crippen molar-refractivity contribution < 1.29 is 14.7 Å². The molecular weight excluding hydrogens is 256 g/mol. The van der Waals surface area contributed by atoms with Crippen LogP contribution in [0.4, 0.5) is 0 Å². The van der Waals surface area contributed by atoms with Gasteiger partial charge >= 0.3 is 0 Å². The number of nitrogens with one attached hydrogen (secondary N) is 2. The maximum absolute atomic E-state index is 11.8. The zero-order chi connectivity index (χ0) is 15.1. The number of aryl methyl sites for hydroxylation is 1. The fourth-order valence-corrected chi connectivity index (χ4v) is 1.82. The molecule has 0 saturated heterocycles. The van der Waals surface area contributed by atoms with E-state index in [1.54, 1.807) is 6.92 Å². The molecule has 1 aromatic rings. The van der Waals surface area contributed by atoms with E-state index in [-0.39, 0.29) is 30.8 Å². The molecule has 0 bridgehead atoms. The van der Waals surface area contributed by atoms with Gasteiger partial charge < -0.3 is 15.7 Å². The maximum Gasteiger partial charge on any atom is 0.222 e. The van der Waals surface area contributed by atoms with Gasteiger partial charge in [-0.1, -0.05) is 29.8 Å². The standard InChI is InChI=1S/C15H22N2O3/c1-10-4-6-13(7-5-10)14(17-12(3)19)8-15(20)16-9-11(2)18/h4-7,11,14,18H,8-9H2,1-3H3,(H,16,20)(H,17,19). The molecule has 1 rings (SSSR count). The first-order chi connectivity index (χ1) is 9.38. The molecule has 1 aromatic carbocycles. The number of rotatable bonds is 6. The van der Waals surface area contributed by atoms with Crippen LogP contribution < -0.4 is 10.6 Å². The van der Waals surface area contributed by atoms with Gasteiger partial charge in [0.1, 0.15) is 0 Å². The molecule has 5 heteroatoms. The van der Waals surface area contributed by atoms with Crippen LogP contribution in [0.25, 0.3) is 0 Å². The molecule has 0 aromatic heterocycles. The number of hydrogen-bond donors (Lipinski definition) is 3. The van der Waals surface area contributed by atoms with Crippen molar-refractivity contribution in [3.63, 3.8) is 0 Å². The normalized spacial score (nSPS) is 13.4. The lowest BCUT2D eigenvalue weighted by molar-refractivity contribution is -0.123. The molecule has 110 valence electrons. The van der Waals surface area contributed by atoms with E-state index in [1.807, 2.05) is 31.2 Å². The maximum atomic E-state index is 11.8. The molecule has 0 radical (unpaired) electrons. The van der Waals surface area contributed by atoms with Crippen molar-refractivity contribution in [1.29, 1.82) is 0 Å². The summed E-state index contributed by atoms with van der Waals surface area (Å²) < 4.78 is 0. The molecule has 0 aliphatic rings. The Morgan fingerprint density at radius 1 is 1.25 bits per heavy atom. The van der Waals surface area contributed by atoms with Crippen LogP contribution in [0.3, 0.4) is 0 Å². The Labute approximate surface area is 119 Å². The van der Waals surface area contributed by atoms with Crippen LogP contribution in [0.1, 0.15) is 37.4 Å². The molecule has 0 saturated carbocycles. The topological polar surface area (TPSA) is 78.4 Å². The van der Waals surface area contributed by atoms with Crippen LogP contribution in [-0.4, -0.2) is 29.6 Å². The smallest absolute Gasteiger partial charge is 0.222 e. The van der Waals surface area contributed by atoms with Gasteiger partial charge in [-0.25, -0.2) is 0 Å². The summed E-state index contributed by atoms with van der Waals surface area (Å²) in [7, 11) is 0.